The second-order valence-electron chi connectivity index (χ2n) is 7.78. The van der Waals surface area contributed by atoms with Gasteiger partial charge in [0.1, 0.15) is 11.5 Å². The van der Waals surface area contributed by atoms with E-state index in [4.69, 9.17) is 4.52 Å². The van der Waals surface area contributed by atoms with Gasteiger partial charge in [0.15, 0.2) is 0 Å². The summed E-state index contributed by atoms with van der Waals surface area (Å²) in [6, 6.07) is 11.5. The van der Waals surface area contributed by atoms with Gasteiger partial charge in [-0.1, -0.05) is 47.1 Å². The minimum Gasteiger partial charge on any atom is -0.361 e. The second-order valence-corrected chi connectivity index (χ2v) is 8.70. The van der Waals surface area contributed by atoms with Gasteiger partial charge in [-0.2, -0.15) is 0 Å². The summed E-state index contributed by atoms with van der Waals surface area (Å²) in [6.07, 6.45) is 2.39. The van der Waals surface area contributed by atoms with Crippen molar-refractivity contribution in [2.45, 2.75) is 44.7 Å². The molecule has 0 spiro atoms. The largest absolute Gasteiger partial charge is 0.361 e. The summed E-state index contributed by atoms with van der Waals surface area (Å²) in [4.78, 5) is 2.59. The molecule has 0 saturated carbocycles. The fourth-order valence-electron chi connectivity index (χ4n) is 4.17. The van der Waals surface area contributed by atoms with Gasteiger partial charge in [-0.25, -0.2) is 5.43 Å². The van der Waals surface area contributed by atoms with Crippen LogP contribution < -0.4 is 10.9 Å². The SMILES string of the molecule is CC(C)c1cc(C2CCCN2CC2CNNC2c2cccc(Br)c2)no1. The summed E-state index contributed by atoms with van der Waals surface area (Å²) in [6.45, 7) is 7.47. The lowest BCUT2D eigenvalue weighted by atomic mass is 9.94. The minimum absolute atomic E-state index is 0.331. The number of nitrogens with zero attached hydrogens (tertiary/aromatic N) is 2. The van der Waals surface area contributed by atoms with Crippen LogP contribution in [0.5, 0.6) is 0 Å². The maximum atomic E-state index is 5.55. The molecule has 2 aliphatic heterocycles. The molecule has 5 nitrogen and oxygen atoms in total. The van der Waals surface area contributed by atoms with Gasteiger partial charge in [0.25, 0.3) is 0 Å². The molecule has 0 aliphatic carbocycles. The highest BCUT2D eigenvalue weighted by Gasteiger charge is 2.35. The zero-order valence-corrected chi connectivity index (χ0v) is 17.0. The molecule has 0 bridgehead atoms. The molecule has 140 valence electrons. The van der Waals surface area contributed by atoms with E-state index in [1.807, 2.05) is 0 Å². The van der Waals surface area contributed by atoms with Crippen molar-refractivity contribution in [1.29, 1.82) is 0 Å². The number of nitrogens with one attached hydrogen (secondary N) is 2. The van der Waals surface area contributed by atoms with Crippen molar-refractivity contribution in [3.8, 4) is 0 Å². The van der Waals surface area contributed by atoms with Crippen molar-refractivity contribution < 1.29 is 4.52 Å². The Bertz CT molecular complexity index is 747. The Balaban J connectivity index is 1.48. The van der Waals surface area contributed by atoms with E-state index in [0.29, 0.717) is 23.9 Å². The smallest absolute Gasteiger partial charge is 0.139 e. The number of rotatable bonds is 5. The fourth-order valence-corrected chi connectivity index (χ4v) is 4.59. The fraction of sp³-hybridized carbons (Fsp3) is 0.550. The molecule has 1 aromatic heterocycles. The minimum atomic E-state index is 0.331. The van der Waals surface area contributed by atoms with Crippen LogP contribution in [0.1, 0.15) is 61.7 Å². The predicted molar refractivity (Wildman–Crippen MR) is 106 cm³/mol. The van der Waals surface area contributed by atoms with Crippen LogP contribution in [0.2, 0.25) is 0 Å². The number of hydrogen-bond donors (Lipinski definition) is 2. The zero-order valence-electron chi connectivity index (χ0n) is 15.4. The van der Waals surface area contributed by atoms with Crippen molar-refractivity contribution >= 4 is 15.9 Å². The number of benzene rings is 1. The van der Waals surface area contributed by atoms with Crippen molar-refractivity contribution in [2.75, 3.05) is 19.6 Å². The first-order valence-electron chi connectivity index (χ1n) is 9.56. The first kappa shape index (κ1) is 18.2. The van der Waals surface area contributed by atoms with Gasteiger partial charge < -0.3 is 4.52 Å². The molecule has 3 unspecified atom stereocenters. The van der Waals surface area contributed by atoms with Crippen molar-refractivity contribution in [1.82, 2.24) is 20.9 Å². The van der Waals surface area contributed by atoms with E-state index in [-0.39, 0.29) is 0 Å². The van der Waals surface area contributed by atoms with E-state index in [1.54, 1.807) is 0 Å². The van der Waals surface area contributed by atoms with Crippen LogP contribution in [0.15, 0.2) is 39.3 Å². The summed E-state index contributed by atoms with van der Waals surface area (Å²) in [5.74, 6) is 1.90. The normalized spacial score (nSPS) is 26.8. The first-order chi connectivity index (χ1) is 12.6. The molecule has 4 rings (SSSR count). The van der Waals surface area contributed by atoms with Crippen molar-refractivity contribution in [2.24, 2.45) is 5.92 Å². The number of aromatic nitrogens is 1. The van der Waals surface area contributed by atoms with Crippen LogP contribution in [0, 0.1) is 5.92 Å². The molecule has 2 aliphatic rings. The Morgan fingerprint density at radius 1 is 1.35 bits per heavy atom. The van der Waals surface area contributed by atoms with Crippen LogP contribution in [0.3, 0.4) is 0 Å². The lowest BCUT2D eigenvalue weighted by Crippen LogP contribution is -2.33. The molecule has 0 radical (unpaired) electrons. The number of hydrazine groups is 1. The highest BCUT2D eigenvalue weighted by molar-refractivity contribution is 9.10. The second kappa shape index (κ2) is 7.80. The summed E-state index contributed by atoms with van der Waals surface area (Å²) < 4.78 is 6.68. The molecule has 2 N–H and O–H groups in total. The average Bonchev–Trinajstić information content (AvgIpc) is 3.35. The Labute approximate surface area is 163 Å². The summed E-state index contributed by atoms with van der Waals surface area (Å²) in [5, 5.41) is 4.38. The Kier molecular flexibility index (Phi) is 5.45. The standard InChI is InChI=1S/C20H27BrN4O/c1-13(2)19-10-17(24-26-19)18-7-4-8-25(18)12-15-11-22-23-20(15)14-5-3-6-16(21)9-14/h3,5-6,9-10,13,15,18,20,22-23H,4,7-8,11-12H2,1-2H3. The van der Waals surface area contributed by atoms with Gasteiger partial charge >= 0.3 is 0 Å². The molecule has 1 aromatic carbocycles. The Morgan fingerprint density at radius 3 is 3.00 bits per heavy atom. The summed E-state index contributed by atoms with van der Waals surface area (Å²) in [5.41, 5.74) is 9.26. The monoisotopic (exact) mass is 418 g/mol. The molecule has 3 atom stereocenters. The predicted octanol–water partition coefficient (Wildman–Crippen LogP) is 4.16. The summed E-state index contributed by atoms with van der Waals surface area (Å²) in [7, 11) is 0. The van der Waals surface area contributed by atoms with Gasteiger partial charge in [-0.3, -0.25) is 10.3 Å². The zero-order chi connectivity index (χ0) is 18.1. The molecule has 2 fully saturated rings. The molecular weight excluding hydrogens is 392 g/mol. The van der Waals surface area contributed by atoms with Crippen LogP contribution in [-0.2, 0) is 0 Å². The van der Waals surface area contributed by atoms with E-state index in [0.717, 1.165) is 35.6 Å². The van der Waals surface area contributed by atoms with Gasteiger partial charge in [-0.15, -0.1) is 0 Å². The van der Waals surface area contributed by atoms with E-state index in [2.05, 4.69) is 81.0 Å². The third kappa shape index (κ3) is 3.74. The third-order valence-electron chi connectivity index (χ3n) is 5.59. The Morgan fingerprint density at radius 2 is 2.23 bits per heavy atom. The molecule has 2 aromatic rings. The molecule has 26 heavy (non-hydrogen) atoms. The van der Waals surface area contributed by atoms with Gasteiger partial charge in [-0.05, 0) is 37.1 Å². The quantitative estimate of drug-likeness (QED) is 0.762. The van der Waals surface area contributed by atoms with Crippen LogP contribution in [-0.4, -0.2) is 29.7 Å². The van der Waals surface area contributed by atoms with Crippen LogP contribution >= 0.6 is 15.9 Å². The summed E-state index contributed by atoms with van der Waals surface area (Å²) >= 11 is 3.59. The van der Waals surface area contributed by atoms with E-state index in [9.17, 15) is 0 Å². The van der Waals surface area contributed by atoms with Crippen molar-refractivity contribution in [3.05, 3.63) is 51.8 Å². The molecule has 6 heteroatoms. The van der Waals surface area contributed by atoms with Gasteiger partial charge in [0.2, 0.25) is 0 Å². The number of hydrogen-bond acceptors (Lipinski definition) is 5. The topological polar surface area (TPSA) is 53.3 Å². The molecular formula is C20H27BrN4O. The third-order valence-corrected chi connectivity index (χ3v) is 6.08. The van der Waals surface area contributed by atoms with Gasteiger partial charge in [0, 0.05) is 35.5 Å². The van der Waals surface area contributed by atoms with E-state index in [1.165, 1.54) is 18.4 Å². The van der Waals surface area contributed by atoms with Crippen molar-refractivity contribution in [3.63, 3.8) is 0 Å². The highest BCUT2D eigenvalue weighted by atomic mass is 79.9. The average molecular weight is 419 g/mol. The van der Waals surface area contributed by atoms with Gasteiger partial charge in [0.05, 0.1) is 12.1 Å². The lowest BCUT2D eigenvalue weighted by molar-refractivity contribution is 0.203. The first-order valence-corrected chi connectivity index (χ1v) is 10.4. The Hall–Kier alpha value is -1.21. The maximum absolute atomic E-state index is 5.55. The molecule has 3 heterocycles. The number of likely N-dealkylation sites (tertiary alicyclic amines) is 1. The molecule has 0 amide bonds. The highest BCUT2D eigenvalue weighted by Crippen LogP contribution is 2.35. The van der Waals surface area contributed by atoms with Crippen LogP contribution in [0.4, 0.5) is 0 Å². The lowest BCUT2D eigenvalue weighted by Gasteiger charge is -2.28. The molecule has 2 saturated heterocycles. The maximum Gasteiger partial charge on any atom is 0.139 e. The van der Waals surface area contributed by atoms with E-state index >= 15 is 0 Å². The van der Waals surface area contributed by atoms with E-state index < -0.39 is 0 Å². The number of halogens is 1. The van der Waals surface area contributed by atoms with Crippen LogP contribution in [0.25, 0.3) is 0 Å².